The van der Waals surface area contributed by atoms with Gasteiger partial charge in [-0.1, -0.05) is 6.07 Å². The van der Waals surface area contributed by atoms with Gasteiger partial charge in [0.2, 0.25) is 0 Å². The molecule has 27 heavy (non-hydrogen) atoms. The van der Waals surface area contributed by atoms with Crippen molar-refractivity contribution in [2.45, 2.75) is 13.1 Å². The molecule has 0 radical (unpaired) electrons. The third-order valence-electron chi connectivity index (χ3n) is 3.42. The van der Waals surface area contributed by atoms with Gasteiger partial charge in [0.25, 0.3) is 17.1 Å². The van der Waals surface area contributed by atoms with Crippen LogP contribution in [0.3, 0.4) is 0 Å². The molecule has 0 heterocycles. The van der Waals surface area contributed by atoms with Gasteiger partial charge in [-0.25, -0.2) is 0 Å². The Hall–Kier alpha value is -3.77. The van der Waals surface area contributed by atoms with Crippen LogP contribution in [0.1, 0.15) is 11.1 Å². The van der Waals surface area contributed by atoms with Crippen molar-refractivity contribution in [3.63, 3.8) is 0 Å². The topological polar surface area (TPSA) is 141 Å². The van der Waals surface area contributed by atoms with Gasteiger partial charge in [-0.3, -0.25) is 30.3 Å². The lowest BCUT2D eigenvalue weighted by molar-refractivity contribution is -0.394. The molecule has 2 aromatic rings. The van der Waals surface area contributed by atoms with Crippen LogP contribution in [0.25, 0.3) is 0 Å². The first kappa shape index (κ1) is 19.6. The van der Waals surface area contributed by atoms with E-state index < -0.39 is 54.9 Å². The van der Waals surface area contributed by atoms with E-state index >= 15 is 0 Å². The summed E-state index contributed by atoms with van der Waals surface area (Å²) in [5, 5.41) is 35.2. The van der Waals surface area contributed by atoms with Crippen LogP contribution in [0.5, 0.6) is 0 Å². The first-order chi connectivity index (χ1) is 12.4. The fraction of sp³-hybridized carbons (Fsp3) is 0.143. The third kappa shape index (κ3) is 4.08. The Kier molecular flexibility index (Phi) is 4.96. The van der Waals surface area contributed by atoms with Gasteiger partial charge in [-0.15, -0.1) is 0 Å². The molecule has 2 rings (SSSR count). The number of aryl methyl sites for hydroxylation is 1. The Morgan fingerprint density at radius 3 is 1.96 bits per heavy atom. The number of nitro groups is 3. The average molecular weight is 386 g/mol. The van der Waals surface area contributed by atoms with Crippen LogP contribution >= 0.6 is 0 Å². The van der Waals surface area contributed by atoms with E-state index in [4.69, 9.17) is 0 Å². The van der Waals surface area contributed by atoms with E-state index in [1.54, 1.807) is 0 Å². The zero-order chi connectivity index (χ0) is 20.5. The van der Waals surface area contributed by atoms with Crippen molar-refractivity contribution in [1.29, 1.82) is 0 Å². The number of non-ortho nitro benzene ring substituents is 1. The number of nitrogens with one attached hydrogen (secondary N) is 1. The second kappa shape index (κ2) is 6.86. The molecule has 142 valence electrons. The van der Waals surface area contributed by atoms with Gasteiger partial charge < -0.3 is 5.32 Å². The molecule has 10 nitrogen and oxygen atoms in total. The summed E-state index contributed by atoms with van der Waals surface area (Å²) in [6.07, 6.45) is -5.20. The minimum absolute atomic E-state index is 0.120. The SMILES string of the molecule is Cc1ccc(Nc2c([N+](=O)[O-])cc([N+](=O)[O-])cc2C(F)(F)F)c([N+](=O)[O-])c1. The Morgan fingerprint density at radius 1 is 0.889 bits per heavy atom. The molecule has 2 aromatic carbocycles. The Bertz CT molecular complexity index is 961. The summed E-state index contributed by atoms with van der Waals surface area (Å²) < 4.78 is 40.0. The number of anilines is 2. The van der Waals surface area contributed by atoms with Crippen molar-refractivity contribution in [3.05, 3.63) is 71.8 Å². The molecule has 0 saturated heterocycles. The second-order valence-electron chi connectivity index (χ2n) is 5.30. The summed E-state index contributed by atoms with van der Waals surface area (Å²) in [6, 6.07) is 3.96. The van der Waals surface area contributed by atoms with E-state index in [-0.39, 0.29) is 6.07 Å². The number of rotatable bonds is 5. The van der Waals surface area contributed by atoms with E-state index in [9.17, 15) is 43.5 Å². The van der Waals surface area contributed by atoms with Crippen molar-refractivity contribution < 1.29 is 27.9 Å². The highest BCUT2D eigenvalue weighted by atomic mass is 19.4. The zero-order valence-electron chi connectivity index (χ0n) is 13.3. The number of nitro benzene ring substituents is 3. The minimum Gasteiger partial charge on any atom is -0.344 e. The van der Waals surface area contributed by atoms with Crippen LogP contribution < -0.4 is 5.32 Å². The van der Waals surface area contributed by atoms with Crippen molar-refractivity contribution in [3.8, 4) is 0 Å². The molecule has 0 spiro atoms. The molecule has 0 aliphatic heterocycles. The molecule has 0 unspecified atom stereocenters. The zero-order valence-corrected chi connectivity index (χ0v) is 13.3. The van der Waals surface area contributed by atoms with Gasteiger partial charge in [0, 0.05) is 12.1 Å². The fourth-order valence-electron chi connectivity index (χ4n) is 2.25. The van der Waals surface area contributed by atoms with Gasteiger partial charge in [-0.05, 0) is 18.6 Å². The maximum absolute atomic E-state index is 13.3. The second-order valence-corrected chi connectivity index (χ2v) is 5.30. The van der Waals surface area contributed by atoms with Crippen LogP contribution in [0, 0.1) is 37.3 Å². The number of nitrogens with zero attached hydrogens (tertiary/aromatic N) is 3. The lowest BCUT2D eigenvalue weighted by Gasteiger charge is -2.15. The standard InChI is InChI=1S/C14H9F3N4O6/c1-7-2-3-10(11(4-7)20(24)25)18-13-9(14(15,16)17)5-8(19(22)23)6-12(13)21(26)27/h2-6,18H,1H3. The molecule has 1 N–H and O–H groups in total. The predicted octanol–water partition coefficient (Wildman–Crippen LogP) is 4.48. The van der Waals surface area contributed by atoms with Crippen LogP contribution in [0.2, 0.25) is 0 Å². The molecular formula is C14H9F3N4O6. The molecule has 0 saturated carbocycles. The molecule has 13 heteroatoms. The Balaban J connectivity index is 2.78. The summed E-state index contributed by atoms with van der Waals surface area (Å²) in [6.45, 7) is 1.51. The normalized spacial score (nSPS) is 11.1. The number of hydrogen-bond acceptors (Lipinski definition) is 7. The average Bonchev–Trinajstić information content (AvgIpc) is 2.54. The van der Waals surface area contributed by atoms with E-state index in [0.717, 1.165) is 12.1 Å². The first-order valence-corrected chi connectivity index (χ1v) is 6.98. The number of benzene rings is 2. The fourth-order valence-corrected chi connectivity index (χ4v) is 2.25. The van der Waals surface area contributed by atoms with Crippen molar-refractivity contribution >= 4 is 28.4 Å². The van der Waals surface area contributed by atoms with Crippen LogP contribution in [-0.4, -0.2) is 14.8 Å². The van der Waals surface area contributed by atoms with Crippen molar-refractivity contribution in [1.82, 2.24) is 0 Å². The van der Waals surface area contributed by atoms with Gasteiger partial charge in [0.1, 0.15) is 11.4 Å². The van der Waals surface area contributed by atoms with Gasteiger partial charge in [0.15, 0.2) is 0 Å². The van der Waals surface area contributed by atoms with E-state index in [1.807, 2.05) is 5.32 Å². The summed E-state index contributed by atoms with van der Waals surface area (Å²) in [5.41, 5.74) is -5.84. The molecule has 0 bridgehead atoms. The molecule has 0 fully saturated rings. The molecular weight excluding hydrogens is 377 g/mol. The molecule has 0 aliphatic carbocycles. The van der Waals surface area contributed by atoms with E-state index in [1.165, 1.54) is 13.0 Å². The quantitative estimate of drug-likeness (QED) is 0.589. The molecule has 0 aliphatic rings. The van der Waals surface area contributed by atoms with Gasteiger partial charge in [-0.2, -0.15) is 13.2 Å². The minimum atomic E-state index is -5.20. The Morgan fingerprint density at radius 2 is 1.48 bits per heavy atom. The highest BCUT2D eigenvalue weighted by Crippen LogP contribution is 2.44. The summed E-state index contributed by atoms with van der Waals surface area (Å²) in [7, 11) is 0. The lowest BCUT2D eigenvalue weighted by atomic mass is 10.1. The predicted molar refractivity (Wildman–Crippen MR) is 85.9 cm³/mol. The van der Waals surface area contributed by atoms with E-state index in [0.29, 0.717) is 11.6 Å². The van der Waals surface area contributed by atoms with Crippen molar-refractivity contribution in [2.75, 3.05) is 5.32 Å². The highest BCUT2D eigenvalue weighted by molar-refractivity contribution is 5.79. The Labute approximate surface area is 147 Å². The van der Waals surface area contributed by atoms with Gasteiger partial charge in [0.05, 0.1) is 26.4 Å². The smallest absolute Gasteiger partial charge is 0.344 e. The third-order valence-corrected chi connectivity index (χ3v) is 3.42. The van der Waals surface area contributed by atoms with Crippen LogP contribution in [-0.2, 0) is 6.18 Å². The van der Waals surface area contributed by atoms with E-state index in [2.05, 4.69) is 0 Å². The summed E-state index contributed by atoms with van der Waals surface area (Å²) >= 11 is 0. The lowest BCUT2D eigenvalue weighted by Crippen LogP contribution is -2.12. The summed E-state index contributed by atoms with van der Waals surface area (Å²) in [4.78, 5) is 29.8. The molecule has 0 aromatic heterocycles. The molecule has 0 amide bonds. The van der Waals surface area contributed by atoms with Crippen molar-refractivity contribution in [2.24, 2.45) is 0 Å². The largest absolute Gasteiger partial charge is 0.418 e. The highest BCUT2D eigenvalue weighted by Gasteiger charge is 2.40. The van der Waals surface area contributed by atoms with Gasteiger partial charge >= 0.3 is 6.18 Å². The maximum Gasteiger partial charge on any atom is 0.418 e. The molecule has 0 atom stereocenters. The van der Waals surface area contributed by atoms with Crippen LogP contribution in [0.15, 0.2) is 30.3 Å². The number of hydrogen-bond donors (Lipinski definition) is 1. The summed E-state index contributed by atoms with van der Waals surface area (Å²) in [5.74, 6) is 0. The number of halogens is 3. The first-order valence-electron chi connectivity index (χ1n) is 6.98. The van der Waals surface area contributed by atoms with Crippen LogP contribution in [0.4, 0.5) is 41.6 Å². The maximum atomic E-state index is 13.3. The monoisotopic (exact) mass is 386 g/mol. The number of alkyl halides is 3.